The molecule has 1 heterocycles. The van der Waals surface area contributed by atoms with Crippen molar-refractivity contribution in [2.24, 2.45) is 0 Å². The molecule has 0 saturated carbocycles. The van der Waals surface area contributed by atoms with Crippen LogP contribution in [0, 0.1) is 11.3 Å². The van der Waals surface area contributed by atoms with E-state index in [4.69, 9.17) is 9.47 Å². The van der Waals surface area contributed by atoms with Crippen LogP contribution in [0.3, 0.4) is 0 Å². The SMILES string of the molecule is CC(C)(C)OC(=O)C(C)(C(=O)OC(C)(C)C)c1ccc(Nc2ccccc2CN2C(=O)N(c3ccc(C#N)c(C(F)(F)F)c3)C(=O)C2(C)C)cc1. The third-order valence-electron chi connectivity index (χ3n) is 8.21. The summed E-state index contributed by atoms with van der Waals surface area (Å²) in [5.41, 5.74) is -5.11. The molecule has 3 aromatic rings. The van der Waals surface area contributed by atoms with Crippen molar-refractivity contribution in [1.82, 2.24) is 4.90 Å². The highest BCUT2D eigenvalue weighted by Gasteiger charge is 2.52. The summed E-state index contributed by atoms with van der Waals surface area (Å²) >= 11 is 0. The molecule has 1 saturated heterocycles. The highest BCUT2D eigenvalue weighted by molar-refractivity contribution is 6.23. The van der Waals surface area contributed by atoms with Gasteiger partial charge in [0.1, 0.15) is 16.7 Å². The Morgan fingerprint density at radius 3 is 1.90 bits per heavy atom. The lowest BCUT2D eigenvalue weighted by atomic mass is 9.82. The van der Waals surface area contributed by atoms with E-state index in [0.717, 1.165) is 12.1 Å². The smallest absolute Gasteiger partial charge is 0.417 e. The standard InChI is InChI=1S/C38H41F3N4O6/c1-34(2,3)50-31(47)37(9,32(48)51-35(4,5)6)25-15-17-26(18-16-25)43-29-13-11-10-12-24(29)22-44-33(49)45(30(46)36(44,7)8)27-19-14-23(21-42)28(20-27)38(39,40)41/h10-20,43H,22H2,1-9H3. The molecule has 0 bridgehead atoms. The zero-order chi connectivity index (χ0) is 38.3. The van der Waals surface area contributed by atoms with Crippen molar-refractivity contribution in [3.63, 3.8) is 0 Å². The van der Waals surface area contributed by atoms with E-state index in [1.807, 2.05) is 0 Å². The minimum absolute atomic E-state index is 0.0902. The molecule has 1 N–H and O–H groups in total. The first kappa shape index (κ1) is 38.4. The Morgan fingerprint density at radius 1 is 0.843 bits per heavy atom. The van der Waals surface area contributed by atoms with E-state index >= 15 is 0 Å². The number of anilines is 3. The fraction of sp³-hybridized carbons (Fsp3) is 0.395. The van der Waals surface area contributed by atoms with Crippen LogP contribution in [0.25, 0.3) is 0 Å². The summed E-state index contributed by atoms with van der Waals surface area (Å²) in [7, 11) is 0. The molecule has 0 unspecified atom stereocenters. The van der Waals surface area contributed by atoms with Crippen LogP contribution in [0.15, 0.2) is 66.7 Å². The maximum Gasteiger partial charge on any atom is 0.417 e. The predicted molar refractivity (Wildman–Crippen MR) is 184 cm³/mol. The van der Waals surface area contributed by atoms with Gasteiger partial charge in [-0.1, -0.05) is 30.3 Å². The number of benzene rings is 3. The highest BCUT2D eigenvalue weighted by atomic mass is 19.4. The van der Waals surface area contributed by atoms with Gasteiger partial charge in [-0.3, -0.25) is 14.4 Å². The van der Waals surface area contributed by atoms with E-state index < -0.39 is 63.3 Å². The largest absolute Gasteiger partial charge is 0.459 e. The number of nitrogens with one attached hydrogen (secondary N) is 1. The van der Waals surface area contributed by atoms with E-state index in [9.17, 15) is 37.6 Å². The third kappa shape index (κ3) is 8.01. The van der Waals surface area contributed by atoms with Crippen molar-refractivity contribution < 1.29 is 41.8 Å². The second kappa shape index (κ2) is 13.4. The van der Waals surface area contributed by atoms with Crippen LogP contribution < -0.4 is 10.2 Å². The molecule has 1 aliphatic rings. The zero-order valence-corrected chi connectivity index (χ0v) is 30.0. The topological polar surface area (TPSA) is 129 Å². The van der Waals surface area contributed by atoms with E-state index in [0.29, 0.717) is 33.5 Å². The number of nitriles is 1. The molecule has 0 radical (unpaired) electrons. The lowest BCUT2D eigenvalue weighted by molar-refractivity contribution is -0.176. The summed E-state index contributed by atoms with van der Waals surface area (Å²) in [5.74, 6) is -2.27. The number of alkyl halides is 3. The summed E-state index contributed by atoms with van der Waals surface area (Å²) in [6.45, 7) is 14.6. The van der Waals surface area contributed by atoms with Crippen LogP contribution in [0.2, 0.25) is 0 Å². The molecule has 1 fully saturated rings. The number of hydrogen-bond donors (Lipinski definition) is 1. The first-order chi connectivity index (χ1) is 23.4. The number of hydrogen-bond acceptors (Lipinski definition) is 8. The molecule has 270 valence electrons. The first-order valence-electron chi connectivity index (χ1n) is 16.1. The van der Waals surface area contributed by atoms with Gasteiger partial charge in [-0.15, -0.1) is 0 Å². The van der Waals surface area contributed by atoms with Gasteiger partial charge in [0.05, 0.1) is 29.4 Å². The number of carbonyl (C=O) groups excluding carboxylic acids is 4. The molecule has 51 heavy (non-hydrogen) atoms. The Morgan fingerprint density at radius 2 is 1.39 bits per heavy atom. The number of urea groups is 1. The Balaban J connectivity index is 1.63. The number of imide groups is 1. The van der Waals surface area contributed by atoms with Crippen molar-refractivity contribution in [3.05, 3.63) is 89.0 Å². The highest BCUT2D eigenvalue weighted by Crippen LogP contribution is 2.39. The molecule has 0 spiro atoms. The number of ether oxygens (including phenoxy) is 2. The van der Waals surface area contributed by atoms with Crippen LogP contribution >= 0.6 is 0 Å². The lowest BCUT2D eigenvalue weighted by Gasteiger charge is -2.32. The molecule has 1 aliphatic heterocycles. The first-order valence-corrected chi connectivity index (χ1v) is 16.1. The van der Waals surface area contributed by atoms with Gasteiger partial charge in [0.25, 0.3) is 5.91 Å². The lowest BCUT2D eigenvalue weighted by Crippen LogP contribution is -2.48. The summed E-state index contributed by atoms with van der Waals surface area (Å²) < 4.78 is 52.4. The van der Waals surface area contributed by atoms with Crippen molar-refractivity contribution in [2.45, 2.75) is 97.2 Å². The van der Waals surface area contributed by atoms with Gasteiger partial charge >= 0.3 is 24.1 Å². The molecule has 0 aliphatic carbocycles. The van der Waals surface area contributed by atoms with Crippen LogP contribution in [-0.2, 0) is 42.0 Å². The van der Waals surface area contributed by atoms with Gasteiger partial charge in [-0.25, -0.2) is 9.69 Å². The van der Waals surface area contributed by atoms with E-state index in [-0.39, 0.29) is 12.2 Å². The Hall–Kier alpha value is -5.38. The van der Waals surface area contributed by atoms with Gasteiger partial charge in [0.15, 0.2) is 5.41 Å². The van der Waals surface area contributed by atoms with Gasteiger partial charge in [0, 0.05) is 11.4 Å². The molecule has 13 heteroatoms. The maximum absolute atomic E-state index is 13.7. The van der Waals surface area contributed by atoms with Crippen molar-refractivity contribution in [2.75, 3.05) is 10.2 Å². The molecular formula is C38H41F3N4O6. The predicted octanol–water partition coefficient (Wildman–Crippen LogP) is 8.01. The van der Waals surface area contributed by atoms with Crippen LogP contribution in [0.1, 0.15) is 84.6 Å². The van der Waals surface area contributed by atoms with Gasteiger partial charge < -0.3 is 19.7 Å². The average molecular weight is 707 g/mol. The molecule has 0 atom stereocenters. The van der Waals surface area contributed by atoms with E-state index in [1.54, 1.807) is 90.1 Å². The summed E-state index contributed by atoms with van der Waals surface area (Å²) in [4.78, 5) is 56.1. The Labute approximate surface area is 295 Å². The third-order valence-corrected chi connectivity index (χ3v) is 8.21. The number of para-hydroxylation sites is 1. The molecule has 10 nitrogen and oxygen atoms in total. The molecule has 3 aromatic carbocycles. The Kier molecular flexibility index (Phi) is 10.1. The average Bonchev–Trinajstić information content (AvgIpc) is 3.18. The normalized spacial score (nSPS) is 15.0. The quantitative estimate of drug-likeness (QED) is 0.142. The summed E-state index contributed by atoms with van der Waals surface area (Å²) in [6.07, 6.45) is -4.88. The second-order valence-corrected chi connectivity index (χ2v) is 14.9. The van der Waals surface area contributed by atoms with E-state index in [2.05, 4.69) is 5.32 Å². The van der Waals surface area contributed by atoms with Crippen molar-refractivity contribution >= 4 is 40.9 Å². The van der Waals surface area contributed by atoms with Crippen LogP contribution in [0.4, 0.5) is 35.0 Å². The fourth-order valence-corrected chi connectivity index (χ4v) is 5.40. The number of carbonyl (C=O) groups is 4. The zero-order valence-electron chi connectivity index (χ0n) is 30.0. The molecule has 4 rings (SSSR count). The van der Waals surface area contributed by atoms with Crippen LogP contribution in [0.5, 0.6) is 0 Å². The number of nitrogens with zero attached hydrogens (tertiary/aromatic N) is 3. The monoisotopic (exact) mass is 706 g/mol. The van der Waals surface area contributed by atoms with Crippen molar-refractivity contribution in [1.29, 1.82) is 5.26 Å². The number of halogens is 3. The Bertz CT molecular complexity index is 1870. The number of esters is 2. The van der Waals surface area contributed by atoms with Gasteiger partial charge in [-0.2, -0.15) is 18.4 Å². The molecule has 3 amide bonds. The van der Waals surface area contributed by atoms with Crippen LogP contribution in [-0.4, -0.2) is 45.5 Å². The minimum Gasteiger partial charge on any atom is -0.459 e. The molecular weight excluding hydrogens is 665 g/mol. The molecule has 0 aromatic heterocycles. The maximum atomic E-state index is 13.7. The minimum atomic E-state index is -4.88. The number of rotatable bonds is 8. The second-order valence-electron chi connectivity index (χ2n) is 14.9. The van der Waals surface area contributed by atoms with Gasteiger partial charge in [0.2, 0.25) is 0 Å². The summed E-state index contributed by atoms with van der Waals surface area (Å²) in [6, 6.07) is 16.9. The van der Waals surface area contributed by atoms with E-state index in [1.165, 1.54) is 31.7 Å². The summed E-state index contributed by atoms with van der Waals surface area (Å²) in [5, 5.41) is 12.4. The van der Waals surface area contributed by atoms with Gasteiger partial charge in [-0.05, 0) is 110 Å². The van der Waals surface area contributed by atoms with Crippen molar-refractivity contribution in [3.8, 4) is 6.07 Å². The number of amides is 3. The fourth-order valence-electron chi connectivity index (χ4n) is 5.40.